The molecule has 4 heteroatoms. The summed E-state index contributed by atoms with van der Waals surface area (Å²) in [6.07, 6.45) is 0.979. The first-order valence-electron chi connectivity index (χ1n) is 6.26. The molecule has 0 aliphatic carbocycles. The lowest BCUT2D eigenvalue weighted by atomic mass is 10.1. The van der Waals surface area contributed by atoms with E-state index in [2.05, 4.69) is 11.4 Å². The summed E-state index contributed by atoms with van der Waals surface area (Å²) in [5.74, 6) is 0.797. The first-order valence-corrected chi connectivity index (χ1v) is 6.26. The lowest BCUT2D eigenvalue weighted by Gasteiger charge is -2.13. The molecule has 1 aromatic rings. The number of hydrogen-bond donors (Lipinski definition) is 2. The average Bonchev–Trinajstić information content (AvgIpc) is 2.32. The van der Waals surface area contributed by atoms with Gasteiger partial charge in [-0.05, 0) is 44.4 Å². The van der Waals surface area contributed by atoms with Crippen LogP contribution in [0.25, 0.3) is 0 Å². The van der Waals surface area contributed by atoms with Crippen molar-refractivity contribution in [1.29, 1.82) is 0 Å². The van der Waals surface area contributed by atoms with Crippen LogP contribution in [-0.4, -0.2) is 25.1 Å². The summed E-state index contributed by atoms with van der Waals surface area (Å²) in [5.41, 5.74) is 7.51. The van der Waals surface area contributed by atoms with Gasteiger partial charge in [0, 0.05) is 6.54 Å². The normalized spacial score (nSPS) is 10.5. The van der Waals surface area contributed by atoms with Gasteiger partial charge >= 0.3 is 0 Å². The molecule has 0 heterocycles. The van der Waals surface area contributed by atoms with E-state index in [1.54, 1.807) is 0 Å². The van der Waals surface area contributed by atoms with E-state index < -0.39 is 0 Å². The topological polar surface area (TPSA) is 64.4 Å². The number of carbonyl (C=O) groups is 1. The van der Waals surface area contributed by atoms with Crippen molar-refractivity contribution in [3.05, 3.63) is 29.3 Å². The van der Waals surface area contributed by atoms with E-state index in [0.717, 1.165) is 17.7 Å². The van der Waals surface area contributed by atoms with Gasteiger partial charge in [-0.1, -0.05) is 12.1 Å². The predicted molar refractivity (Wildman–Crippen MR) is 72.7 cm³/mol. The lowest BCUT2D eigenvalue weighted by molar-refractivity contribution is -0.119. The molecule has 1 aromatic carbocycles. The Labute approximate surface area is 109 Å². The van der Waals surface area contributed by atoms with E-state index in [1.165, 1.54) is 5.56 Å². The molecule has 0 fully saturated rings. The number of hydrogen-bond acceptors (Lipinski definition) is 3. The Morgan fingerprint density at radius 1 is 1.44 bits per heavy atom. The van der Waals surface area contributed by atoms with Crippen molar-refractivity contribution in [2.24, 2.45) is 5.73 Å². The van der Waals surface area contributed by atoms with E-state index in [9.17, 15) is 4.79 Å². The van der Waals surface area contributed by atoms with Crippen molar-refractivity contribution < 1.29 is 9.53 Å². The molecule has 0 radical (unpaired) electrons. The zero-order valence-electron chi connectivity index (χ0n) is 11.3. The number of rotatable bonds is 6. The molecule has 0 saturated carbocycles. The van der Waals surface area contributed by atoms with Crippen LogP contribution >= 0.6 is 0 Å². The van der Waals surface area contributed by atoms with Gasteiger partial charge in [-0.2, -0.15) is 0 Å². The number of ether oxygens (including phenoxy) is 1. The molecule has 4 nitrogen and oxygen atoms in total. The molecule has 1 rings (SSSR count). The maximum atomic E-state index is 11.0. The molecule has 0 aliphatic rings. The van der Waals surface area contributed by atoms with Gasteiger partial charge in [-0.25, -0.2) is 0 Å². The summed E-state index contributed by atoms with van der Waals surface area (Å²) < 4.78 is 5.67. The van der Waals surface area contributed by atoms with Crippen LogP contribution in [0, 0.1) is 6.92 Å². The maximum Gasteiger partial charge on any atom is 0.233 e. The maximum absolute atomic E-state index is 11.0. The van der Waals surface area contributed by atoms with Crippen molar-refractivity contribution in [2.45, 2.75) is 33.3 Å². The Balaban J connectivity index is 2.53. The van der Waals surface area contributed by atoms with Crippen LogP contribution in [0.3, 0.4) is 0 Å². The second kappa shape index (κ2) is 7.01. The van der Waals surface area contributed by atoms with Crippen molar-refractivity contribution in [1.82, 2.24) is 5.32 Å². The summed E-state index contributed by atoms with van der Waals surface area (Å²) in [4.78, 5) is 11.0. The molecule has 3 N–H and O–H groups in total. The zero-order chi connectivity index (χ0) is 13.5. The monoisotopic (exact) mass is 250 g/mol. The molecule has 0 bridgehead atoms. The minimum atomic E-state index is -0.119. The van der Waals surface area contributed by atoms with E-state index in [0.29, 0.717) is 6.54 Å². The van der Waals surface area contributed by atoms with Gasteiger partial charge in [0.05, 0.1) is 12.6 Å². The number of aryl methyl sites for hydroxylation is 1. The van der Waals surface area contributed by atoms with Gasteiger partial charge in [0.1, 0.15) is 5.75 Å². The van der Waals surface area contributed by atoms with Gasteiger partial charge in [0.2, 0.25) is 5.91 Å². The Morgan fingerprint density at radius 2 is 2.17 bits per heavy atom. The molecule has 0 aliphatic heterocycles. The van der Waals surface area contributed by atoms with Gasteiger partial charge in [-0.15, -0.1) is 0 Å². The molecule has 0 unspecified atom stereocenters. The average molecular weight is 250 g/mol. The Kier molecular flexibility index (Phi) is 5.65. The van der Waals surface area contributed by atoms with Crippen LogP contribution in [0.1, 0.15) is 25.0 Å². The molecule has 0 atom stereocenters. The summed E-state index contributed by atoms with van der Waals surface area (Å²) in [6, 6.07) is 6.10. The van der Waals surface area contributed by atoms with Crippen LogP contribution in [0.5, 0.6) is 5.75 Å². The fourth-order valence-electron chi connectivity index (χ4n) is 1.67. The summed E-state index contributed by atoms with van der Waals surface area (Å²) >= 11 is 0. The number of amides is 1. The molecule has 100 valence electrons. The molecule has 0 aromatic heterocycles. The number of nitrogens with one attached hydrogen (secondary N) is 1. The van der Waals surface area contributed by atoms with E-state index in [4.69, 9.17) is 10.5 Å². The third kappa shape index (κ3) is 4.75. The summed E-state index contributed by atoms with van der Waals surface area (Å²) in [6.45, 7) is 6.70. The minimum absolute atomic E-state index is 0.0419. The first kappa shape index (κ1) is 14.5. The predicted octanol–water partition coefficient (Wildman–Crippen LogP) is 1.40. The minimum Gasteiger partial charge on any atom is -0.491 e. The van der Waals surface area contributed by atoms with Crippen molar-refractivity contribution in [2.75, 3.05) is 13.1 Å². The third-order valence-corrected chi connectivity index (χ3v) is 2.52. The van der Waals surface area contributed by atoms with Gasteiger partial charge in [0.15, 0.2) is 0 Å². The highest BCUT2D eigenvalue weighted by molar-refractivity contribution is 5.77. The Bertz CT molecular complexity index is 403. The van der Waals surface area contributed by atoms with Crippen LogP contribution < -0.4 is 15.8 Å². The van der Waals surface area contributed by atoms with Crippen LogP contribution in [0.2, 0.25) is 0 Å². The molecule has 0 spiro atoms. The van der Waals surface area contributed by atoms with Crippen molar-refractivity contribution in [3.63, 3.8) is 0 Å². The van der Waals surface area contributed by atoms with Gasteiger partial charge < -0.3 is 15.8 Å². The number of carbonyl (C=O) groups excluding carboxylic acids is 1. The smallest absolute Gasteiger partial charge is 0.233 e. The largest absolute Gasteiger partial charge is 0.491 e. The van der Waals surface area contributed by atoms with E-state index >= 15 is 0 Å². The number of nitrogens with two attached hydrogens (primary N) is 1. The zero-order valence-corrected chi connectivity index (χ0v) is 11.3. The Hall–Kier alpha value is -1.55. The van der Waals surface area contributed by atoms with Crippen molar-refractivity contribution in [3.8, 4) is 5.75 Å². The molecule has 0 saturated heterocycles. The summed E-state index contributed by atoms with van der Waals surface area (Å²) in [5, 5.41) is 2.75. The highest BCUT2D eigenvalue weighted by Crippen LogP contribution is 2.20. The van der Waals surface area contributed by atoms with Gasteiger partial charge in [-0.3, -0.25) is 4.79 Å². The first-order chi connectivity index (χ1) is 8.52. The fraction of sp³-hybridized carbons (Fsp3) is 0.500. The molecule has 1 amide bonds. The standard InChI is InChI=1S/C14H22N2O2/c1-10(2)18-13-5-4-12(8-11(13)3)6-7-16-14(17)9-15/h4-5,8,10H,6-7,9,15H2,1-3H3,(H,16,17). The van der Waals surface area contributed by atoms with E-state index in [-0.39, 0.29) is 18.6 Å². The fourth-order valence-corrected chi connectivity index (χ4v) is 1.67. The SMILES string of the molecule is Cc1cc(CCNC(=O)CN)ccc1OC(C)C. The second-order valence-corrected chi connectivity index (χ2v) is 4.57. The van der Waals surface area contributed by atoms with Gasteiger partial charge in [0.25, 0.3) is 0 Å². The van der Waals surface area contributed by atoms with Crippen LogP contribution in [-0.2, 0) is 11.2 Å². The second-order valence-electron chi connectivity index (χ2n) is 4.57. The highest BCUT2D eigenvalue weighted by Gasteiger charge is 2.04. The lowest BCUT2D eigenvalue weighted by Crippen LogP contribution is -2.31. The van der Waals surface area contributed by atoms with E-state index in [1.807, 2.05) is 32.9 Å². The summed E-state index contributed by atoms with van der Waals surface area (Å²) in [7, 11) is 0. The molecule has 18 heavy (non-hydrogen) atoms. The molecular formula is C14H22N2O2. The van der Waals surface area contributed by atoms with Crippen LogP contribution in [0.4, 0.5) is 0 Å². The molecular weight excluding hydrogens is 228 g/mol. The van der Waals surface area contributed by atoms with Crippen molar-refractivity contribution >= 4 is 5.91 Å². The third-order valence-electron chi connectivity index (χ3n) is 2.52. The quantitative estimate of drug-likeness (QED) is 0.802. The van der Waals surface area contributed by atoms with Crippen LogP contribution in [0.15, 0.2) is 18.2 Å². The Morgan fingerprint density at radius 3 is 2.72 bits per heavy atom. The highest BCUT2D eigenvalue weighted by atomic mass is 16.5. The number of benzene rings is 1.